The summed E-state index contributed by atoms with van der Waals surface area (Å²) in [4.78, 5) is 10.9. The Morgan fingerprint density at radius 1 is 1.17 bits per heavy atom. The molecule has 0 saturated carbocycles. The molecule has 0 aliphatic carbocycles. The molecule has 1 aromatic rings. The summed E-state index contributed by atoms with van der Waals surface area (Å²) in [5.74, 6) is -1.14. The van der Waals surface area contributed by atoms with Gasteiger partial charge in [-0.2, -0.15) is 0 Å². The SMILES string of the molecule is CC(C)c1ccc(C(C([NH])=O)S(=O)(=O)[O-])cc1.[Na+]. The smallest absolute Gasteiger partial charge is 0.747 e. The van der Waals surface area contributed by atoms with E-state index in [1.165, 1.54) is 12.1 Å². The molecule has 1 aromatic carbocycles. The standard InChI is InChI=1S/C11H14NO4S.Na/c1-7(2)8-3-5-9(6-4-8)10(11(12)13)17(14,15)16;/h3-7,10,12H,1-2H3,(H,14,15,16);/q;+1/p-1. The van der Waals surface area contributed by atoms with Crippen LogP contribution in [0.2, 0.25) is 0 Å². The van der Waals surface area contributed by atoms with Gasteiger partial charge in [0.05, 0.1) is 0 Å². The summed E-state index contributed by atoms with van der Waals surface area (Å²) >= 11 is 0. The van der Waals surface area contributed by atoms with Crippen molar-refractivity contribution in [3.05, 3.63) is 35.4 Å². The van der Waals surface area contributed by atoms with Gasteiger partial charge in [-0.05, 0) is 17.0 Å². The number of hydrogen-bond donors (Lipinski definition) is 0. The second-order valence-corrected chi connectivity index (χ2v) is 5.52. The predicted octanol–water partition coefficient (Wildman–Crippen LogP) is -1.79. The fourth-order valence-corrected chi connectivity index (χ4v) is 2.26. The minimum absolute atomic E-state index is 0. The fraction of sp³-hybridized carbons (Fsp3) is 0.364. The molecule has 0 spiro atoms. The average Bonchev–Trinajstić information content (AvgIpc) is 2.15. The van der Waals surface area contributed by atoms with E-state index in [4.69, 9.17) is 5.73 Å². The Morgan fingerprint density at radius 2 is 1.56 bits per heavy atom. The molecule has 1 radical (unpaired) electrons. The van der Waals surface area contributed by atoms with Gasteiger partial charge in [0.1, 0.15) is 10.1 Å². The zero-order valence-corrected chi connectivity index (χ0v) is 13.3. The summed E-state index contributed by atoms with van der Waals surface area (Å²) in [5.41, 5.74) is 7.86. The first-order chi connectivity index (χ1) is 7.73. The van der Waals surface area contributed by atoms with Crippen LogP contribution in [0.15, 0.2) is 24.3 Å². The minimum atomic E-state index is -4.84. The maximum Gasteiger partial charge on any atom is 1.00 e. The predicted molar refractivity (Wildman–Crippen MR) is 61.1 cm³/mol. The van der Waals surface area contributed by atoms with Crippen molar-refractivity contribution in [2.75, 3.05) is 0 Å². The number of hydrogen-bond acceptors (Lipinski definition) is 4. The molecule has 1 rings (SSSR count). The van der Waals surface area contributed by atoms with Gasteiger partial charge in [-0.1, -0.05) is 38.1 Å². The summed E-state index contributed by atoms with van der Waals surface area (Å²) in [6, 6.07) is 6.12. The molecular weight excluding hydrogens is 265 g/mol. The van der Waals surface area contributed by atoms with E-state index < -0.39 is 21.3 Å². The van der Waals surface area contributed by atoms with E-state index >= 15 is 0 Å². The van der Waals surface area contributed by atoms with Crippen molar-refractivity contribution >= 4 is 16.0 Å². The van der Waals surface area contributed by atoms with E-state index in [9.17, 15) is 17.8 Å². The van der Waals surface area contributed by atoms with Crippen molar-refractivity contribution in [1.29, 1.82) is 0 Å². The van der Waals surface area contributed by atoms with Gasteiger partial charge in [-0.25, -0.2) is 8.42 Å². The zero-order valence-electron chi connectivity index (χ0n) is 10.5. The number of benzene rings is 1. The van der Waals surface area contributed by atoms with Crippen LogP contribution in [0.3, 0.4) is 0 Å². The molecule has 0 bridgehead atoms. The van der Waals surface area contributed by atoms with E-state index in [-0.39, 0.29) is 41.0 Å². The molecule has 18 heavy (non-hydrogen) atoms. The average molecular weight is 278 g/mol. The minimum Gasteiger partial charge on any atom is -0.747 e. The first-order valence-electron chi connectivity index (χ1n) is 5.03. The third kappa shape index (κ3) is 4.37. The maximum atomic E-state index is 10.9. The Labute approximate surface area is 129 Å². The second-order valence-electron chi connectivity index (χ2n) is 4.06. The Hall–Kier alpha value is -0.400. The second kappa shape index (κ2) is 6.68. The van der Waals surface area contributed by atoms with Crippen molar-refractivity contribution in [2.24, 2.45) is 0 Å². The fourth-order valence-electron chi connectivity index (χ4n) is 1.50. The van der Waals surface area contributed by atoms with Gasteiger partial charge < -0.3 is 4.55 Å². The van der Waals surface area contributed by atoms with Crippen LogP contribution in [-0.4, -0.2) is 18.9 Å². The largest absolute Gasteiger partial charge is 1.00 e. The van der Waals surface area contributed by atoms with Crippen LogP contribution in [0.5, 0.6) is 0 Å². The van der Waals surface area contributed by atoms with Crippen molar-refractivity contribution in [2.45, 2.75) is 25.0 Å². The van der Waals surface area contributed by atoms with Gasteiger partial charge in [-0.3, -0.25) is 10.5 Å². The van der Waals surface area contributed by atoms with E-state index in [0.717, 1.165) is 5.56 Å². The van der Waals surface area contributed by atoms with Crippen LogP contribution in [0.1, 0.15) is 36.1 Å². The third-order valence-electron chi connectivity index (χ3n) is 2.43. The molecule has 0 aromatic heterocycles. The van der Waals surface area contributed by atoms with Crippen LogP contribution in [0.25, 0.3) is 0 Å². The number of amides is 1. The van der Waals surface area contributed by atoms with Gasteiger partial charge in [-0.15, -0.1) is 0 Å². The molecule has 0 fully saturated rings. The molecule has 0 aliphatic rings. The molecule has 0 aliphatic heterocycles. The molecule has 1 amide bonds. The van der Waals surface area contributed by atoms with Crippen LogP contribution in [-0.2, 0) is 14.9 Å². The summed E-state index contributed by atoms with van der Waals surface area (Å²) in [6.45, 7) is 3.93. The van der Waals surface area contributed by atoms with Gasteiger partial charge >= 0.3 is 29.6 Å². The summed E-state index contributed by atoms with van der Waals surface area (Å²) in [7, 11) is -4.84. The van der Waals surface area contributed by atoms with E-state index in [0.29, 0.717) is 0 Å². The van der Waals surface area contributed by atoms with Crippen LogP contribution in [0.4, 0.5) is 0 Å². The molecule has 5 nitrogen and oxygen atoms in total. The van der Waals surface area contributed by atoms with Crippen molar-refractivity contribution in [1.82, 2.24) is 5.73 Å². The third-order valence-corrected chi connectivity index (χ3v) is 3.50. The Balaban J connectivity index is 0.00000289. The van der Waals surface area contributed by atoms with Crippen LogP contribution < -0.4 is 35.3 Å². The number of carbonyl (C=O) groups excluding carboxylic acids is 1. The number of carbonyl (C=O) groups is 1. The van der Waals surface area contributed by atoms with E-state index in [1.807, 2.05) is 13.8 Å². The van der Waals surface area contributed by atoms with Gasteiger partial charge in [0.15, 0.2) is 5.25 Å². The first kappa shape index (κ1) is 17.6. The molecule has 1 N–H and O–H groups in total. The zero-order chi connectivity index (χ0) is 13.2. The molecule has 93 valence electrons. The Bertz CT molecular complexity index is 510. The van der Waals surface area contributed by atoms with Crippen LogP contribution >= 0.6 is 0 Å². The molecule has 1 atom stereocenters. The Morgan fingerprint density at radius 3 is 1.83 bits per heavy atom. The van der Waals surface area contributed by atoms with Gasteiger partial charge in [0.25, 0.3) is 5.91 Å². The monoisotopic (exact) mass is 278 g/mol. The molecule has 0 saturated heterocycles. The number of nitrogens with one attached hydrogen (secondary N) is 1. The van der Waals surface area contributed by atoms with Crippen molar-refractivity contribution in [3.63, 3.8) is 0 Å². The van der Waals surface area contributed by atoms with Gasteiger partial charge in [0.2, 0.25) is 0 Å². The normalized spacial score (nSPS) is 12.9. The van der Waals surface area contributed by atoms with Crippen molar-refractivity contribution < 1.29 is 47.3 Å². The Kier molecular flexibility index (Phi) is 6.53. The number of rotatable bonds is 4. The van der Waals surface area contributed by atoms with Crippen molar-refractivity contribution in [3.8, 4) is 0 Å². The topological polar surface area (TPSA) is 98.1 Å². The van der Waals surface area contributed by atoms with E-state index in [1.54, 1.807) is 12.1 Å². The molecule has 0 heterocycles. The molecule has 1 unspecified atom stereocenters. The maximum absolute atomic E-state index is 10.9. The summed E-state index contributed by atoms with van der Waals surface area (Å²) in [5, 5.41) is -1.93. The first-order valence-corrected chi connectivity index (χ1v) is 6.50. The van der Waals surface area contributed by atoms with E-state index in [2.05, 4.69) is 0 Å². The quantitative estimate of drug-likeness (QED) is 0.480. The summed E-state index contributed by atoms with van der Waals surface area (Å²) < 4.78 is 32.7. The summed E-state index contributed by atoms with van der Waals surface area (Å²) in [6.07, 6.45) is 0. The molecular formula is C11H13NNaO4S. The van der Waals surface area contributed by atoms with Gasteiger partial charge in [0, 0.05) is 0 Å². The van der Waals surface area contributed by atoms with Crippen LogP contribution in [0, 0.1) is 0 Å². The molecule has 7 heteroatoms.